The molecule has 1 aromatic rings. The first-order chi connectivity index (χ1) is 8.40. The molecule has 1 saturated heterocycles. The van der Waals surface area contributed by atoms with E-state index in [1.807, 2.05) is 6.07 Å². The largest absolute Gasteiger partial charge is 0.493 e. The highest BCUT2D eigenvalue weighted by molar-refractivity contribution is 5.33. The third-order valence-corrected chi connectivity index (χ3v) is 3.28. The van der Waals surface area contributed by atoms with Gasteiger partial charge in [-0.25, -0.2) is 0 Å². The van der Waals surface area contributed by atoms with Crippen LogP contribution < -0.4 is 10.1 Å². The standard InChI is InChI=1S/C15H22NO/c1-2-10-17-15-8-4-3-7-14(15)11-13-6-5-9-16-12-13/h3-4,7-8,13,16H,1-2,5-6,9-12H2. The number of rotatable bonds is 5. The van der Waals surface area contributed by atoms with Gasteiger partial charge in [-0.1, -0.05) is 18.2 Å². The number of benzene rings is 1. The SMILES string of the molecule is [CH2]CCOc1ccccc1CC1CCCNC1. The zero-order valence-electron chi connectivity index (χ0n) is 10.5. The fourth-order valence-corrected chi connectivity index (χ4v) is 2.40. The van der Waals surface area contributed by atoms with Crippen molar-refractivity contribution >= 4 is 0 Å². The average Bonchev–Trinajstić information content (AvgIpc) is 2.39. The van der Waals surface area contributed by atoms with Crippen molar-refractivity contribution < 1.29 is 4.74 Å². The third kappa shape index (κ3) is 3.74. The number of ether oxygens (including phenoxy) is 1. The summed E-state index contributed by atoms with van der Waals surface area (Å²) in [5, 5.41) is 3.47. The Labute approximate surface area is 104 Å². The van der Waals surface area contributed by atoms with Gasteiger partial charge in [-0.05, 0) is 63.2 Å². The minimum absolute atomic E-state index is 0.708. The minimum Gasteiger partial charge on any atom is -0.493 e. The lowest BCUT2D eigenvalue weighted by Crippen LogP contribution is -2.30. The van der Waals surface area contributed by atoms with Gasteiger partial charge in [0, 0.05) is 0 Å². The van der Waals surface area contributed by atoms with Crippen molar-refractivity contribution in [3.8, 4) is 5.75 Å². The highest BCUT2D eigenvalue weighted by Gasteiger charge is 2.15. The van der Waals surface area contributed by atoms with Crippen LogP contribution in [-0.4, -0.2) is 19.7 Å². The molecule has 1 N–H and O–H groups in total. The Balaban J connectivity index is 1.98. The fraction of sp³-hybridized carbons (Fsp3) is 0.533. The number of nitrogens with one attached hydrogen (secondary N) is 1. The van der Waals surface area contributed by atoms with Crippen molar-refractivity contribution in [1.82, 2.24) is 5.32 Å². The summed E-state index contributed by atoms with van der Waals surface area (Å²) in [7, 11) is 0. The third-order valence-electron chi connectivity index (χ3n) is 3.28. The maximum absolute atomic E-state index is 5.74. The zero-order valence-corrected chi connectivity index (χ0v) is 10.5. The number of hydrogen-bond donors (Lipinski definition) is 1. The Kier molecular flexibility index (Phi) is 4.87. The fourth-order valence-electron chi connectivity index (χ4n) is 2.40. The van der Waals surface area contributed by atoms with Gasteiger partial charge in [-0.2, -0.15) is 0 Å². The van der Waals surface area contributed by atoms with E-state index < -0.39 is 0 Å². The summed E-state index contributed by atoms with van der Waals surface area (Å²) in [4.78, 5) is 0. The number of piperidine rings is 1. The zero-order chi connectivity index (χ0) is 11.9. The molecule has 1 radical (unpaired) electrons. The molecule has 2 heteroatoms. The predicted molar refractivity (Wildman–Crippen MR) is 71.2 cm³/mol. The minimum atomic E-state index is 0.708. The van der Waals surface area contributed by atoms with Crippen LogP contribution in [0.2, 0.25) is 0 Å². The van der Waals surface area contributed by atoms with Gasteiger partial charge in [0.25, 0.3) is 0 Å². The van der Waals surface area contributed by atoms with Crippen LogP contribution in [0.15, 0.2) is 24.3 Å². The van der Waals surface area contributed by atoms with Crippen LogP contribution in [0.3, 0.4) is 0 Å². The van der Waals surface area contributed by atoms with E-state index in [1.54, 1.807) is 0 Å². The van der Waals surface area contributed by atoms with Gasteiger partial charge in [0.15, 0.2) is 0 Å². The Bertz CT molecular complexity index is 331. The van der Waals surface area contributed by atoms with E-state index in [4.69, 9.17) is 4.74 Å². The lowest BCUT2D eigenvalue weighted by molar-refractivity contribution is 0.314. The summed E-state index contributed by atoms with van der Waals surface area (Å²) in [5.74, 6) is 1.80. The van der Waals surface area contributed by atoms with Gasteiger partial charge < -0.3 is 10.1 Å². The first-order valence-corrected chi connectivity index (χ1v) is 6.61. The van der Waals surface area contributed by atoms with Crippen molar-refractivity contribution in [3.05, 3.63) is 36.8 Å². The second-order valence-corrected chi connectivity index (χ2v) is 4.73. The van der Waals surface area contributed by atoms with Crippen molar-refractivity contribution in [2.75, 3.05) is 19.7 Å². The average molecular weight is 232 g/mol. The van der Waals surface area contributed by atoms with Crippen molar-refractivity contribution in [1.29, 1.82) is 0 Å². The van der Waals surface area contributed by atoms with Crippen LogP contribution >= 0.6 is 0 Å². The Morgan fingerprint density at radius 1 is 1.35 bits per heavy atom. The molecule has 0 aromatic heterocycles. The van der Waals surface area contributed by atoms with Gasteiger partial charge in [0.1, 0.15) is 5.75 Å². The summed E-state index contributed by atoms with van der Waals surface area (Å²) < 4.78 is 5.74. The van der Waals surface area contributed by atoms with E-state index in [1.165, 1.54) is 24.9 Å². The maximum atomic E-state index is 5.74. The molecule has 0 aliphatic carbocycles. The van der Waals surface area contributed by atoms with Crippen molar-refractivity contribution in [2.45, 2.75) is 25.7 Å². The van der Waals surface area contributed by atoms with E-state index >= 15 is 0 Å². The molecule has 93 valence electrons. The molecule has 2 rings (SSSR count). The topological polar surface area (TPSA) is 21.3 Å². The molecule has 0 amide bonds. The molecule has 1 aliphatic rings. The van der Waals surface area contributed by atoms with Gasteiger partial charge >= 0.3 is 0 Å². The lowest BCUT2D eigenvalue weighted by atomic mass is 9.92. The van der Waals surface area contributed by atoms with E-state index in [0.29, 0.717) is 6.61 Å². The van der Waals surface area contributed by atoms with Crippen LogP contribution in [0.25, 0.3) is 0 Å². The molecule has 0 saturated carbocycles. The summed E-state index contributed by atoms with van der Waals surface area (Å²) in [6.45, 7) is 6.84. The second-order valence-electron chi connectivity index (χ2n) is 4.73. The van der Waals surface area contributed by atoms with Crippen LogP contribution in [-0.2, 0) is 6.42 Å². The highest BCUT2D eigenvalue weighted by Crippen LogP contribution is 2.24. The smallest absolute Gasteiger partial charge is 0.122 e. The Morgan fingerprint density at radius 3 is 3.00 bits per heavy atom. The Morgan fingerprint density at radius 2 is 2.24 bits per heavy atom. The van der Waals surface area contributed by atoms with Crippen molar-refractivity contribution in [2.24, 2.45) is 5.92 Å². The molecule has 1 aromatic carbocycles. The lowest BCUT2D eigenvalue weighted by Gasteiger charge is -2.23. The molecule has 0 spiro atoms. The molecular weight excluding hydrogens is 210 g/mol. The summed E-state index contributed by atoms with van der Waals surface area (Å²) in [6.07, 6.45) is 4.57. The van der Waals surface area contributed by atoms with E-state index in [2.05, 4.69) is 30.4 Å². The first-order valence-electron chi connectivity index (χ1n) is 6.61. The molecule has 1 heterocycles. The van der Waals surface area contributed by atoms with Gasteiger partial charge in [0.2, 0.25) is 0 Å². The van der Waals surface area contributed by atoms with Gasteiger partial charge in [-0.3, -0.25) is 0 Å². The summed E-state index contributed by atoms with van der Waals surface area (Å²) >= 11 is 0. The van der Waals surface area contributed by atoms with E-state index in [9.17, 15) is 0 Å². The van der Waals surface area contributed by atoms with Crippen LogP contribution in [0, 0.1) is 12.8 Å². The normalized spacial score (nSPS) is 20.2. The maximum Gasteiger partial charge on any atom is 0.122 e. The first kappa shape index (κ1) is 12.4. The summed E-state index contributed by atoms with van der Waals surface area (Å²) in [5.41, 5.74) is 1.34. The molecule has 1 fully saturated rings. The second kappa shape index (κ2) is 6.65. The summed E-state index contributed by atoms with van der Waals surface area (Å²) in [6, 6.07) is 8.40. The van der Waals surface area contributed by atoms with Crippen LogP contribution in [0.5, 0.6) is 5.75 Å². The monoisotopic (exact) mass is 232 g/mol. The van der Waals surface area contributed by atoms with Crippen LogP contribution in [0.4, 0.5) is 0 Å². The molecule has 2 nitrogen and oxygen atoms in total. The number of hydrogen-bond acceptors (Lipinski definition) is 2. The molecule has 1 unspecified atom stereocenters. The molecule has 17 heavy (non-hydrogen) atoms. The molecule has 1 aliphatic heterocycles. The van der Waals surface area contributed by atoms with Gasteiger partial charge in [-0.15, -0.1) is 0 Å². The molecular formula is C15H22NO. The van der Waals surface area contributed by atoms with Crippen LogP contribution in [0.1, 0.15) is 24.8 Å². The highest BCUT2D eigenvalue weighted by atomic mass is 16.5. The van der Waals surface area contributed by atoms with Gasteiger partial charge in [0.05, 0.1) is 6.61 Å². The quantitative estimate of drug-likeness (QED) is 0.843. The van der Waals surface area contributed by atoms with E-state index in [-0.39, 0.29) is 0 Å². The van der Waals surface area contributed by atoms with Crippen molar-refractivity contribution in [3.63, 3.8) is 0 Å². The Hall–Kier alpha value is -1.02. The number of para-hydroxylation sites is 1. The molecule has 0 bridgehead atoms. The van der Waals surface area contributed by atoms with E-state index in [0.717, 1.165) is 31.1 Å². The molecule has 1 atom stereocenters. The predicted octanol–water partition coefficient (Wildman–Crippen LogP) is 2.83.